The summed E-state index contributed by atoms with van der Waals surface area (Å²) in [7, 11) is 0. The van der Waals surface area contributed by atoms with Gasteiger partial charge in [0.1, 0.15) is 11.5 Å². The van der Waals surface area contributed by atoms with Gasteiger partial charge in [-0.05, 0) is 92.4 Å². The van der Waals surface area contributed by atoms with E-state index in [4.69, 9.17) is 4.74 Å². The van der Waals surface area contributed by atoms with E-state index in [2.05, 4.69) is 217 Å². The van der Waals surface area contributed by atoms with Crippen molar-refractivity contribution in [1.82, 2.24) is 0 Å². The molecule has 2 aliphatic rings. The largest absolute Gasteiger partial charge is 0.456 e. The van der Waals surface area contributed by atoms with Crippen molar-refractivity contribution >= 4 is 27.8 Å². The normalized spacial score (nSPS) is 14.8. The third-order valence-corrected chi connectivity index (χ3v) is 11.5. The molecule has 9 aromatic rings. The highest BCUT2D eigenvalue weighted by atomic mass is 16.5. The number of benzene rings is 9. The lowest BCUT2D eigenvalue weighted by Gasteiger charge is -2.40. The molecule has 0 aromatic heterocycles. The van der Waals surface area contributed by atoms with E-state index in [1.807, 2.05) is 0 Å². The van der Waals surface area contributed by atoms with Gasteiger partial charge in [0, 0.05) is 33.6 Å². The Hall–Kier alpha value is -7.16. The molecule has 258 valence electrons. The van der Waals surface area contributed by atoms with Gasteiger partial charge in [-0.1, -0.05) is 170 Å². The summed E-state index contributed by atoms with van der Waals surface area (Å²) in [5, 5.41) is 2.29. The minimum Gasteiger partial charge on any atom is -0.456 e. The van der Waals surface area contributed by atoms with E-state index in [9.17, 15) is 0 Å². The number of anilines is 3. The summed E-state index contributed by atoms with van der Waals surface area (Å²) < 4.78 is 6.92. The highest BCUT2D eigenvalue weighted by Gasteiger charge is 2.51. The molecule has 2 heteroatoms. The molecule has 2 nitrogen and oxygen atoms in total. The Morgan fingerprint density at radius 2 is 0.945 bits per heavy atom. The molecule has 0 fully saturated rings. The molecule has 0 bridgehead atoms. The van der Waals surface area contributed by atoms with E-state index >= 15 is 0 Å². The fourth-order valence-electron chi connectivity index (χ4n) is 9.09. The fourth-order valence-corrected chi connectivity index (χ4v) is 9.09. The highest BCUT2D eigenvalue weighted by Crippen LogP contribution is 2.63. The van der Waals surface area contributed by atoms with Crippen molar-refractivity contribution in [3.63, 3.8) is 0 Å². The van der Waals surface area contributed by atoms with Gasteiger partial charge in [0.25, 0.3) is 0 Å². The molecule has 0 radical (unpaired) electrons. The van der Waals surface area contributed by atoms with Crippen molar-refractivity contribution in [3.05, 3.63) is 235 Å². The Kier molecular flexibility index (Phi) is 7.11. The van der Waals surface area contributed by atoms with Gasteiger partial charge >= 0.3 is 0 Å². The van der Waals surface area contributed by atoms with E-state index < -0.39 is 5.41 Å². The predicted octanol–water partition coefficient (Wildman–Crippen LogP) is 14.1. The molecular formula is C53H35NO. The van der Waals surface area contributed by atoms with Gasteiger partial charge < -0.3 is 9.64 Å². The molecule has 1 heterocycles. The van der Waals surface area contributed by atoms with Crippen LogP contribution in [0.25, 0.3) is 44.2 Å². The van der Waals surface area contributed by atoms with Gasteiger partial charge in [0.15, 0.2) is 0 Å². The molecule has 55 heavy (non-hydrogen) atoms. The summed E-state index contributed by atoms with van der Waals surface area (Å²) in [5.41, 5.74) is 14.8. The topological polar surface area (TPSA) is 12.5 Å². The molecule has 1 unspecified atom stereocenters. The smallest absolute Gasteiger partial charge is 0.140 e. The zero-order chi connectivity index (χ0) is 36.3. The molecule has 1 aliphatic carbocycles. The predicted molar refractivity (Wildman–Crippen MR) is 227 cm³/mol. The maximum atomic E-state index is 6.92. The molecule has 0 saturated carbocycles. The van der Waals surface area contributed by atoms with E-state index in [1.165, 1.54) is 49.9 Å². The Balaban J connectivity index is 1.17. The Morgan fingerprint density at radius 3 is 1.76 bits per heavy atom. The molecule has 0 saturated heterocycles. The summed E-state index contributed by atoms with van der Waals surface area (Å²) >= 11 is 0. The van der Waals surface area contributed by atoms with Crippen LogP contribution in [0.15, 0.2) is 212 Å². The SMILES string of the molecule is c1ccc(-c2ccc(N(c3cccc(-c4ccccc4)c3)c3ccc4c(c3)C3(c5ccccc5Oc5c3ccc3ccccc53)c3ccccc3-4)cc2)cc1. The first kappa shape index (κ1) is 31.4. The minimum absolute atomic E-state index is 0.592. The second kappa shape index (κ2) is 12.5. The molecular weight excluding hydrogens is 667 g/mol. The first-order chi connectivity index (χ1) is 27.3. The zero-order valence-corrected chi connectivity index (χ0v) is 30.1. The molecule has 9 aromatic carbocycles. The molecule has 0 amide bonds. The molecule has 11 rings (SSSR count). The minimum atomic E-state index is -0.592. The lowest BCUT2D eigenvalue weighted by atomic mass is 9.65. The summed E-state index contributed by atoms with van der Waals surface area (Å²) in [4.78, 5) is 2.41. The molecule has 1 atom stereocenters. The van der Waals surface area contributed by atoms with Crippen molar-refractivity contribution < 1.29 is 4.74 Å². The van der Waals surface area contributed by atoms with Crippen molar-refractivity contribution in [1.29, 1.82) is 0 Å². The third kappa shape index (κ3) is 4.82. The summed E-state index contributed by atoms with van der Waals surface area (Å²) in [6.07, 6.45) is 0. The van der Waals surface area contributed by atoms with Gasteiger partial charge in [0.2, 0.25) is 0 Å². The number of hydrogen-bond donors (Lipinski definition) is 0. The lowest BCUT2D eigenvalue weighted by Crippen LogP contribution is -2.32. The number of ether oxygens (including phenoxy) is 1. The van der Waals surface area contributed by atoms with Crippen LogP contribution >= 0.6 is 0 Å². The average molecular weight is 702 g/mol. The van der Waals surface area contributed by atoms with Crippen LogP contribution in [0.2, 0.25) is 0 Å². The summed E-state index contributed by atoms with van der Waals surface area (Å²) in [6.45, 7) is 0. The maximum Gasteiger partial charge on any atom is 0.140 e. The third-order valence-electron chi connectivity index (χ3n) is 11.5. The molecule has 0 N–H and O–H groups in total. The second-order valence-corrected chi connectivity index (χ2v) is 14.5. The van der Waals surface area contributed by atoms with Crippen molar-refractivity contribution in [2.75, 3.05) is 4.90 Å². The number of fused-ring (bicyclic) bond motifs is 11. The first-order valence-corrected chi connectivity index (χ1v) is 18.9. The fraction of sp³-hybridized carbons (Fsp3) is 0.0189. The van der Waals surface area contributed by atoms with Gasteiger partial charge in [0.05, 0.1) is 5.41 Å². The maximum absolute atomic E-state index is 6.92. The zero-order valence-electron chi connectivity index (χ0n) is 30.1. The molecule has 1 aliphatic heterocycles. The standard InChI is InChI=1S/C53H35NO/c1-3-14-36(15-4-1)38-26-29-41(30-27-38)54(42-20-13-19-40(34-42)37-16-5-2-6-17-37)43-31-32-46-45-22-9-10-23-47(45)53(50(46)35-43)48-24-11-12-25-51(48)55-52-44-21-8-7-18-39(44)28-33-49(52)53/h1-35H. The second-order valence-electron chi connectivity index (χ2n) is 14.5. The van der Waals surface area contributed by atoms with Crippen molar-refractivity contribution in [3.8, 4) is 44.9 Å². The van der Waals surface area contributed by atoms with Gasteiger partial charge in [-0.15, -0.1) is 0 Å². The van der Waals surface area contributed by atoms with Gasteiger partial charge in [-0.25, -0.2) is 0 Å². The monoisotopic (exact) mass is 701 g/mol. The van der Waals surface area contributed by atoms with Crippen LogP contribution in [0.3, 0.4) is 0 Å². The van der Waals surface area contributed by atoms with E-state index in [0.29, 0.717) is 0 Å². The van der Waals surface area contributed by atoms with Crippen LogP contribution in [0.1, 0.15) is 22.3 Å². The van der Waals surface area contributed by atoms with Crippen molar-refractivity contribution in [2.45, 2.75) is 5.41 Å². The van der Waals surface area contributed by atoms with Crippen molar-refractivity contribution in [2.24, 2.45) is 0 Å². The van der Waals surface area contributed by atoms with Crippen LogP contribution in [-0.4, -0.2) is 0 Å². The van der Waals surface area contributed by atoms with Crippen LogP contribution in [0, 0.1) is 0 Å². The van der Waals surface area contributed by atoms with Gasteiger partial charge in [-0.3, -0.25) is 0 Å². The summed E-state index contributed by atoms with van der Waals surface area (Å²) in [6, 6.07) is 76.9. The quantitative estimate of drug-likeness (QED) is 0.177. The Labute approximate surface area is 321 Å². The van der Waals surface area contributed by atoms with Gasteiger partial charge in [-0.2, -0.15) is 0 Å². The number of para-hydroxylation sites is 1. The Morgan fingerprint density at radius 1 is 0.345 bits per heavy atom. The number of hydrogen-bond acceptors (Lipinski definition) is 2. The number of rotatable bonds is 5. The lowest BCUT2D eigenvalue weighted by molar-refractivity contribution is 0.441. The van der Waals surface area contributed by atoms with Crippen LogP contribution in [0.5, 0.6) is 11.5 Å². The highest BCUT2D eigenvalue weighted by molar-refractivity contribution is 5.97. The number of nitrogens with zero attached hydrogens (tertiary/aromatic N) is 1. The average Bonchev–Trinajstić information content (AvgIpc) is 3.54. The summed E-state index contributed by atoms with van der Waals surface area (Å²) in [5.74, 6) is 1.82. The van der Waals surface area contributed by atoms with Crippen LogP contribution in [0.4, 0.5) is 17.1 Å². The van der Waals surface area contributed by atoms with E-state index in [1.54, 1.807) is 0 Å². The first-order valence-electron chi connectivity index (χ1n) is 18.9. The van der Waals surface area contributed by atoms with Crippen LogP contribution in [-0.2, 0) is 5.41 Å². The Bertz CT molecular complexity index is 2900. The van der Waals surface area contributed by atoms with E-state index in [0.717, 1.165) is 45.1 Å². The van der Waals surface area contributed by atoms with E-state index in [-0.39, 0.29) is 0 Å². The van der Waals surface area contributed by atoms with Crippen LogP contribution < -0.4 is 9.64 Å². The molecule has 1 spiro atoms.